The molecule has 0 saturated carbocycles. The first kappa shape index (κ1) is 20.8. The van der Waals surface area contributed by atoms with Crippen LogP contribution in [0, 0.1) is 5.92 Å². The molecule has 7 nitrogen and oxygen atoms in total. The van der Waals surface area contributed by atoms with E-state index >= 15 is 0 Å². The van der Waals surface area contributed by atoms with Crippen molar-refractivity contribution in [1.82, 2.24) is 10.2 Å². The minimum absolute atomic E-state index is 0.000698. The number of nitrogens with zero attached hydrogens (tertiary/aromatic N) is 1. The van der Waals surface area contributed by atoms with Crippen molar-refractivity contribution in [3.8, 4) is 11.5 Å². The van der Waals surface area contributed by atoms with Crippen molar-refractivity contribution >= 4 is 11.8 Å². The van der Waals surface area contributed by atoms with E-state index in [-0.39, 0.29) is 36.1 Å². The third-order valence-electron chi connectivity index (χ3n) is 4.96. The minimum Gasteiger partial charge on any atom is -0.493 e. The summed E-state index contributed by atoms with van der Waals surface area (Å²) in [6, 6.07) is 10.8. The average Bonchev–Trinajstić information content (AvgIpc) is 3.21. The van der Waals surface area contributed by atoms with E-state index < -0.39 is 0 Å². The van der Waals surface area contributed by atoms with Crippen molar-refractivity contribution in [2.75, 3.05) is 20.2 Å². The zero-order valence-corrected chi connectivity index (χ0v) is 17.1. The maximum atomic E-state index is 12.5. The number of methoxy groups -OCH3 is 1. The fraction of sp³-hybridized carbons (Fsp3) is 0.455. The number of benzene rings is 1. The van der Waals surface area contributed by atoms with Gasteiger partial charge in [-0.25, -0.2) is 0 Å². The Morgan fingerprint density at radius 3 is 2.48 bits per heavy atom. The largest absolute Gasteiger partial charge is 0.493 e. The van der Waals surface area contributed by atoms with Crippen molar-refractivity contribution in [2.45, 2.75) is 39.3 Å². The molecule has 1 saturated heterocycles. The van der Waals surface area contributed by atoms with Gasteiger partial charge in [0.05, 0.1) is 7.11 Å². The number of piperidine rings is 1. The molecule has 0 radical (unpaired) electrons. The number of nitrogens with one attached hydrogen (secondary N) is 1. The summed E-state index contributed by atoms with van der Waals surface area (Å²) in [6.45, 7) is 5.34. The zero-order chi connectivity index (χ0) is 20.8. The summed E-state index contributed by atoms with van der Waals surface area (Å²) >= 11 is 0. The first-order chi connectivity index (χ1) is 14.0. The van der Waals surface area contributed by atoms with Gasteiger partial charge in [0.2, 0.25) is 5.91 Å². The second-order valence-electron chi connectivity index (χ2n) is 7.43. The van der Waals surface area contributed by atoms with Gasteiger partial charge in [0.25, 0.3) is 5.91 Å². The van der Waals surface area contributed by atoms with Crippen LogP contribution in [-0.4, -0.2) is 43.0 Å². The molecule has 0 spiro atoms. The second kappa shape index (κ2) is 9.49. The summed E-state index contributed by atoms with van der Waals surface area (Å²) < 4.78 is 16.6. The molecule has 1 aromatic carbocycles. The molecule has 1 aromatic heterocycles. The third-order valence-corrected chi connectivity index (χ3v) is 4.96. The molecular weight excluding hydrogens is 372 g/mol. The Morgan fingerprint density at radius 2 is 1.83 bits per heavy atom. The first-order valence-electron chi connectivity index (χ1n) is 9.92. The van der Waals surface area contributed by atoms with Crippen molar-refractivity contribution in [1.29, 1.82) is 0 Å². The fourth-order valence-electron chi connectivity index (χ4n) is 3.33. The Labute approximate surface area is 171 Å². The van der Waals surface area contributed by atoms with Crippen LogP contribution < -0.4 is 14.8 Å². The average molecular weight is 400 g/mol. The van der Waals surface area contributed by atoms with Crippen LogP contribution in [0.15, 0.2) is 40.8 Å². The van der Waals surface area contributed by atoms with E-state index in [0.29, 0.717) is 30.3 Å². The smallest absolute Gasteiger partial charge is 0.287 e. The van der Waals surface area contributed by atoms with E-state index in [0.717, 1.165) is 12.8 Å². The number of rotatable bonds is 7. The highest BCUT2D eigenvalue weighted by molar-refractivity contribution is 5.91. The van der Waals surface area contributed by atoms with Gasteiger partial charge in [-0.15, -0.1) is 0 Å². The Balaban J connectivity index is 1.49. The number of likely N-dealkylation sites (tertiary alicyclic amines) is 1. The van der Waals surface area contributed by atoms with Crippen LogP contribution >= 0.6 is 0 Å². The van der Waals surface area contributed by atoms with Crippen LogP contribution in [0.3, 0.4) is 0 Å². The summed E-state index contributed by atoms with van der Waals surface area (Å²) in [4.78, 5) is 26.4. The lowest BCUT2D eigenvalue weighted by atomic mass is 10.0. The van der Waals surface area contributed by atoms with Gasteiger partial charge in [-0.2, -0.15) is 0 Å². The molecule has 0 atom stereocenters. The number of hydrogen-bond donors (Lipinski definition) is 1. The lowest BCUT2D eigenvalue weighted by molar-refractivity contribution is -0.135. The molecule has 2 amide bonds. The number of carbonyl (C=O) groups excluding carboxylic acids is 2. The maximum Gasteiger partial charge on any atom is 0.287 e. The SMILES string of the molecule is COc1ccccc1OCc1ccc(C(=O)NC2CCN(C(=O)C(C)C)CC2)o1. The van der Waals surface area contributed by atoms with Gasteiger partial charge in [0.15, 0.2) is 17.3 Å². The van der Waals surface area contributed by atoms with Crippen molar-refractivity contribution in [2.24, 2.45) is 5.92 Å². The zero-order valence-electron chi connectivity index (χ0n) is 17.1. The first-order valence-corrected chi connectivity index (χ1v) is 9.92. The van der Waals surface area contributed by atoms with Gasteiger partial charge in [-0.1, -0.05) is 26.0 Å². The summed E-state index contributed by atoms with van der Waals surface area (Å²) in [6.07, 6.45) is 1.49. The van der Waals surface area contributed by atoms with E-state index in [1.54, 1.807) is 19.2 Å². The van der Waals surface area contributed by atoms with Gasteiger partial charge in [0, 0.05) is 25.0 Å². The van der Waals surface area contributed by atoms with E-state index in [1.807, 2.05) is 43.0 Å². The van der Waals surface area contributed by atoms with Crippen LogP contribution in [0.25, 0.3) is 0 Å². The molecule has 3 rings (SSSR count). The van der Waals surface area contributed by atoms with Gasteiger partial charge >= 0.3 is 0 Å². The minimum atomic E-state index is -0.248. The number of hydrogen-bond acceptors (Lipinski definition) is 5. The number of para-hydroxylation sites is 2. The predicted molar refractivity (Wildman–Crippen MR) is 108 cm³/mol. The lowest BCUT2D eigenvalue weighted by Crippen LogP contribution is -2.47. The molecule has 29 heavy (non-hydrogen) atoms. The maximum absolute atomic E-state index is 12.5. The van der Waals surface area contributed by atoms with Gasteiger partial charge in [-0.3, -0.25) is 9.59 Å². The Hall–Kier alpha value is -2.96. The molecule has 1 aliphatic rings. The monoisotopic (exact) mass is 400 g/mol. The predicted octanol–water partition coefficient (Wildman–Crippen LogP) is 3.24. The Morgan fingerprint density at radius 1 is 1.14 bits per heavy atom. The van der Waals surface area contributed by atoms with E-state index in [2.05, 4.69) is 5.32 Å². The van der Waals surface area contributed by atoms with Crippen LogP contribution in [0.5, 0.6) is 11.5 Å². The topological polar surface area (TPSA) is 81.0 Å². The highest BCUT2D eigenvalue weighted by atomic mass is 16.5. The second-order valence-corrected chi connectivity index (χ2v) is 7.43. The molecule has 1 fully saturated rings. The number of ether oxygens (including phenoxy) is 2. The molecule has 1 N–H and O–H groups in total. The van der Waals surface area contributed by atoms with Crippen molar-refractivity contribution in [3.05, 3.63) is 47.9 Å². The van der Waals surface area contributed by atoms with Crippen molar-refractivity contribution < 1.29 is 23.5 Å². The molecule has 2 heterocycles. The molecule has 0 bridgehead atoms. The molecule has 2 aromatic rings. The van der Waals surface area contributed by atoms with Crippen LogP contribution in [0.2, 0.25) is 0 Å². The summed E-state index contributed by atoms with van der Waals surface area (Å²) in [5, 5.41) is 3.00. The molecule has 0 aliphatic carbocycles. The molecule has 7 heteroatoms. The van der Waals surface area contributed by atoms with Crippen LogP contribution in [0.1, 0.15) is 43.0 Å². The molecule has 1 aliphatic heterocycles. The molecular formula is C22H28N2O5. The number of furan rings is 1. The van der Waals surface area contributed by atoms with Crippen LogP contribution in [-0.2, 0) is 11.4 Å². The van der Waals surface area contributed by atoms with Crippen LogP contribution in [0.4, 0.5) is 0 Å². The summed E-state index contributed by atoms with van der Waals surface area (Å²) in [5.41, 5.74) is 0. The Kier molecular flexibility index (Phi) is 6.80. The van der Waals surface area contributed by atoms with Gasteiger partial charge < -0.3 is 24.1 Å². The number of amides is 2. The van der Waals surface area contributed by atoms with Gasteiger partial charge in [0.1, 0.15) is 12.4 Å². The van der Waals surface area contributed by atoms with Crippen molar-refractivity contribution in [3.63, 3.8) is 0 Å². The molecule has 0 unspecified atom stereocenters. The van der Waals surface area contributed by atoms with E-state index in [1.165, 1.54) is 0 Å². The van der Waals surface area contributed by atoms with E-state index in [9.17, 15) is 9.59 Å². The normalized spacial score (nSPS) is 14.7. The summed E-state index contributed by atoms with van der Waals surface area (Å²) in [5.74, 6) is 1.98. The van der Waals surface area contributed by atoms with E-state index in [4.69, 9.17) is 13.9 Å². The molecule has 156 valence electrons. The van der Waals surface area contributed by atoms with Gasteiger partial charge in [-0.05, 0) is 37.1 Å². The number of carbonyl (C=O) groups is 2. The highest BCUT2D eigenvalue weighted by Crippen LogP contribution is 2.26. The third kappa shape index (κ3) is 5.31. The lowest BCUT2D eigenvalue weighted by Gasteiger charge is -2.33. The summed E-state index contributed by atoms with van der Waals surface area (Å²) in [7, 11) is 1.58. The standard InChI is InChI=1S/C22H28N2O5/c1-15(2)22(26)24-12-10-16(11-13-24)23-21(25)20-9-8-17(29-20)14-28-19-7-5-4-6-18(19)27-3/h4-9,15-16H,10-14H2,1-3H3,(H,23,25). The Bertz CT molecular complexity index is 837. The highest BCUT2D eigenvalue weighted by Gasteiger charge is 2.26. The fourth-order valence-corrected chi connectivity index (χ4v) is 3.33. The quantitative estimate of drug-likeness (QED) is 0.772.